The number of ether oxygens (including phenoxy) is 1. The Hall–Kier alpha value is -0.840. The van der Waals surface area contributed by atoms with Gasteiger partial charge in [0.25, 0.3) is 0 Å². The minimum Gasteiger partial charge on any atom is -0.383 e. The number of nitrogens with zero attached hydrogens (tertiary/aromatic N) is 1. The summed E-state index contributed by atoms with van der Waals surface area (Å²) in [5.41, 5.74) is 1.78. The van der Waals surface area contributed by atoms with Crippen LogP contribution in [-0.4, -0.2) is 38.3 Å². The average Bonchev–Trinajstić information content (AvgIpc) is 2.29. The largest absolute Gasteiger partial charge is 0.383 e. The SMILES string of the molecule is COCCNCCNc1ccnc(C)c1Cl. The summed E-state index contributed by atoms with van der Waals surface area (Å²) in [7, 11) is 1.69. The van der Waals surface area contributed by atoms with Crippen LogP contribution in [0.4, 0.5) is 5.69 Å². The van der Waals surface area contributed by atoms with Crippen molar-refractivity contribution in [1.29, 1.82) is 0 Å². The molecule has 1 heterocycles. The molecule has 0 aromatic carbocycles. The molecule has 0 fully saturated rings. The van der Waals surface area contributed by atoms with Crippen molar-refractivity contribution >= 4 is 17.3 Å². The third-order valence-electron chi connectivity index (χ3n) is 2.16. The highest BCUT2D eigenvalue weighted by molar-refractivity contribution is 6.33. The lowest BCUT2D eigenvalue weighted by molar-refractivity contribution is 0.200. The van der Waals surface area contributed by atoms with Gasteiger partial charge in [0.2, 0.25) is 0 Å². The molecule has 0 aliphatic rings. The molecule has 0 saturated carbocycles. The van der Waals surface area contributed by atoms with Gasteiger partial charge in [-0.1, -0.05) is 11.6 Å². The predicted molar refractivity (Wildman–Crippen MR) is 67.2 cm³/mol. The van der Waals surface area contributed by atoms with E-state index in [1.165, 1.54) is 0 Å². The van der Waals surface area contributed by atoms with Gasteiger partial charge in [-0.25, -0.2) is 0 Å². The number of halogens is 1. The molecular formula is C11H18ClN3O. The van der Waals surface area contributed by atoms with Gasteiger partial charge in [-0.3, -0.25) is 4.98 Å². The molecule has 0 saturated heterocycles. The lowest BCUT2D eigenvalue weighted by atomic mass is 10.3. The first kappa shape index (κ1) is 13.2. The lowest BCUT2D eigenvalue weighted by Gasteiger charge is -2.09. The second-order valence-corrected chi connectivity index (χ2v) is 3.81. The smallest absolute Gasteiger partial charge is 0.0849 e. The van der Waals surface area contributed by atoms with Crippen LogP contribution in [0, 0.1) is 6.92 Å². The number of anilines is 1. The highest BCUT2D eigenvalue weighted by Crippen LogP contribution is 2.22. The van der Waals surface area contributed by atoms with Crippen LogP contribution in [-0.2, 0) is 4.74 Å². The highest BCUT2D eigenvalue weighted by Gasteiger charge is 2.02. The fourth-order valence-electron chi connectivity index (χ4n) is 1.27. The number of aromatic nitrogens is 1. The van der Waals surface area contributed by atoms with Crippen molar-refractivity contribution in [3.8, 4) is 0 Å². The van der Waals surface area contributed by atoms with E-state index in [2.05, 4.69) is 15.6 Å². The normalized spacial score (nSPS) is 10.4. The molecule has 2 N–H and O–H groups in total. The molecule has 0 aliphatic carbocycles. The minimum absolute atomic E-state index is 0.694. The van der Waals surface area contributed by atoms with Crippen LogP contribution in [0.5, 0.6) is 0 Å². The van der Waals surface area contributed by atoms with Crippen molar-refractivity contribution in [2.24, 2.45) is 0 Å². The Morgan fingerprint density at radius 2 is 2.19 bits per heavy atom. The van der Waals surface area contributed by atoms with Crippen LogP contribution >= 0.6 is 11.6 Å². The van der Waals surface area contributed by atoms with E-state index in [9.17, 15) is 0 Å². The third kappa shape index (κ3) is 4.35. The Kier molecular flexibility index (Phi) is 6.15. The molecule has 0 spiro atoms. The molecule has 0 unspecified atom stereocenters. The summed E-state index contributed by atoms with van der Waals surface area (Å²) in [4.78, 5) is 4.10. The number of pyridine rings is 1. The lowest BCUT2D eigenvalue weighted by Crippen LogP contribution is -2.25. The summed E-state index contributed by atoms with van der Waals surface area (Å²) >= 11 is 6.09. The van der Waals surface area contributed by atoms with Gasteiger partial charge in [-0.2, -0.15) is 0 Å². The maximum atomic E-state index is 6.09. The zero-order valence-corrected chi connectivity index (χ0v) is 10.5. The van der Waals surface area contributed by atoms with Crippen molar-refractivity contribution in [1.82, 2.24) is 10.3 Å². The van der Waals surface area contributed by atoms with Gasteiger partial charge in [0.1, 0.15) is 0 Å². The third-order valence-corrected chi connectivity index (χ3v) is 2.64. The van der Waals surface area contributed by atoms with Gasteiger partial charge in [0, 0.05) is 32.9 Å². The van der Waals surface area contributed by atoms with Gasteiger partial charge in [0.05, 0.1) is 23.0 Å². The van der Waals surface area contributed by atoms with Crippen LogP contribution in [0.1, 0.15) is 5.69 Å². The standard InChI is InChI=1S/C11H18ClN3O/c1-9-11(12)10(3-4-14-9)15-6-5-13-7-8-16-2/h3-4,13H,5-8H2,1-2H3,(H,14,15). The molecule has 16 heavy (non-hydrogen) atoms. The van der Waals surface area contributed by atoms with E-state index in [1.807, 2.05) is 13.0 Å². The monoisotopic (exact) mass is 243 g/mol. The number of aryl methyl sites for hydroxylation is 1. The molecule has 0 amide bonds. The summed E-state index contributed by atoms with van der Waals surface area (Å²) < 4.78 is 4.93. The van der Waals surface area contributed by atoms with Crippen LogP contribution < -0.4 is 10.6 Å². The van der Waals surface area contributed by atoms with Crippen molar-refractivity contribution in [3.05, 3.63) is 23.0 Å². The second kappa shape index (κ2) is 7.44. The number of rotatable bonds is 7. The maximum absolute atomic E-state index is 6.09. The number of hydrogen-bond acceptors (Lipinski definition) is 4. The fraction of sp³-hybridized carbons (Fsp3) is 0.545. The Bertz CT molecular complexity index is 320. The zero-order chi connectivity index (χ0) is 11.8. The van der Waals surface area contributed by atoms with E-state index in [0.29, 0.717) is 5.02 Å². The van der Waals surface area contributed by atoms with Gasteiger partial charge < -0.3 is 15.4 Å². The molecule has 1 rings (SSSR count). The topological polar surface area (TPSA) is 46.2 Å². The van der Waals surface area contributed by atoms with E-state index in [-0.39, 0.29) is 0 Å². The zero-order valence-electron chi connectivity index (χ0n) is 9.72. The summed E-state index contributed by atoms with van der Waals surface area (Å²) in [6.07, 6.45) is 1.75. The van der Waals surface area contributed by atoms with Crippen LogP contribution in [0.15, 0.2) is 12.3 Å². The van der Waals surface area contributed by atoms with E-state index < -0.39 is 0 Å². The molecule has 90 valence electrons. The summed E-state index contributed by atoms with van der Waals surface area (Å²) in [5, 5.41) is 7.19. The molecule has 4 nitrogen and oxygen atoms in total. The van der Waals surface area contributed by atoms with Crippen molar-refractivity contribution < 1.29 is 4.74 Å². The maximum Gasteiger partial charge on any atom is 0.0849 e. The summed E-state index contributed by atoms with van der Waals surface area (Å²) in [5.74, 6) is 0. The van der Waals surface area contributed by atoms with Gasteiger partial charge in [-0.15, -0.1) is 0 Å². The average molecular weight is 244 g/mol. The molecule has 5 heteroatoms. The Morgan fingerprint density at radius 1 is 1.38 bits per heavy atom. The predicted octanol–water partition coefficient (Wildman–Crippen LogP) is 1.69. The summed E-state index contributed by atoms with van der Waals surface area (Å²) in [6, 6.07) is 1.88. The molecular weight excluding hydrogens is 226 g/mol. The van der Waals surface area contributed by atoms with Crippen molar-refractivity contribution in [2.45, 2.75) is 6.92 Å². The first-order valence-electron chi connectivity index (χ1n) is 5.30. The van der Waals surface area contributed by atoms with Gasteiger partial charge >= 0.3 is 0 Å². The van der Waals surface area contributed by atoms with E-state index >= 15 is 0 Å². The molecule has 0 atom stereocenters. The number of hydrogen-bond donors (Lipinski definition) is 2. The Balaban J connectivity index is 2.24. The Morgan fingerprint density at radius 3 is 2.94 bits per heavy atom. The van der Waals surface area contributed by atoms with Crippen molar-refractivity contribution in [3.63, 3.8) is 0 Å². The Labute approximate surface area is 101 Å². The first-order chi connectivity index (χ1) is 7.75. The fourth-order valence-corrected chi connectivity index (χ4v) is 1.45. The number of nitrogens with one attached hydrogen (secondary N) is 2. The van der Waals surface area contributed by atoms with E-state index in [4.69, 9.17) is 16.3 Å². The van der Waals surface area contributed by atoms with E-state index in [1.54, 1.807) is 13.3 Å². The van der Waals surface area contributed by atoms with Crippen LogP contribution in [0.25, 0.3) is 0 Å². The highest BCUT2D eigenvalue weighted by atomic mass is 35.5. The van der Waals surface area contributed by atoms with Crippen LogP contribution in [0.2, 0.25) is 5.02 Å². The molecule has 0 bridgehead atoms. The molecule has 1 aromatic heterocycles. The minimum atomic E-state index is 0.694. The first-order valence-corrected chi connectivity index (χ1v) is 5.68. The van der Waals surface area contributed by atoms with Crippen LogP contribution in [0.3, 0.4) is 0 Å². The summed E-state index contributed by atoms with van der Waals surface area (Å²) in [6.45, 7) is 5.19. The quantitative estimate of drug-likeness (QED) is 0.716. The second-order valence-electron chi connectivity index (χ2n) is 3.43. The van der Waals surface area contributed by atoms with E-state index in [0.717, 1.165) is 37.6 Å². The number of methoxy groups -OCH3 is 1. The molecule has 0 radical (unpaired) electrons. The molecule has 0 aliphatic heterocycles. The van der Waals surface area contributed by atoms with Gasteiger partial charge in [0.15, 0.2) is 0 Å². The molecule has 1 aromatic rings. The van der Waals surface area contributed by atoms with Gasteiger partial charge in [-0.05, 0) is 13.0 Å². The van der Waals surface area contributed by atoms with Crippen molar-refractivity contribution in [2.75, 3.05) is 38.7 Å².